The molecule has 54 heavy (non-hydrogen) atoms. The molecule has 2 heterocycles. The van der Waals surface area contributed by atoms with Crippen molar-refractivity contribution in [2.45, 2.75) is 5.92 Å². The van der Waals surface area contributed by atoms with Crippen LogP contribution in [0.15, 0.2) is 192 Å². The molecule has 2 aromatic heterocycles. The van der Waals surface area contributed by atoms with Gasteiger partial charge in [-0.15, -0.1) is 0 Å². The molecule has 1 aliphatic carbocycles. The lowest BCUT2D eigenvalue weighted by molar-refractivity contribution is 0.668. The van der Waals surface area contributed by atoms with Crippen molar-refractivity contribution >= 4 is 32.7 Å². The smallest absolute Gasteiger partial charge is 0.160 e. The summed E-state index contributed by atoms with van der Waals surface area (Å²) in [7, 11) is 0. The van der Waals surface area contributed by atoms with Gasteiger partial charge in [0.05, 0.1) is 31.9 Å². The van der Waals surface area contributed by atoms with E-state index in [9.17, 15) is 8.22 Å². The highest BCUT2D eigenvalue weighted by Gasteiger charge is 2.31. The van der Waals surface area contributed by atoms with Crippen LogP contribution in [0.1, 0.15) is 43.2 Å². The van der Waals surface area contributed by atoms with Crippen LogP contribution in [0.25, 0.3) is 88.9 Å². The molecule has 0 N–H and O–H groups in total. The molecule has 8 aromatic carbocycles. The molecule has 1 atom stereocenters. The van der Waals surface area contributed by atoms with Gasteiger partial charge in [0.25, 0.3) is 0 Å². The Morgan fingerprint density at radius 2 is 1.15 bits per heavy atom. The molecule has 11 rings (SSSR count). The van der Waals surface area contributed by atoms with E-state index >= 15 is 0 Å². The van der Waals surface area contributed by atoms with Crippen LogP contribution in [-0.2, 0) is 0 Å². The second-order valence-electron chi connectivity index (χ2n) is 12.9. The first-order valence-electron chi connectivity index (χ1n) is 24.7. The highest BCUT2D eigenvalue weighted by atomic mass is 16.3. The first-order chi connectivity index (χ1) is 33.0. The van der Waals surface area contributed by atoms with E-state index in [0.717, 1.165) is 11.1 Å². The summed E-state index contributed by atoms with van der Waals surface area (Å²) >= 11 is 0. The summed E-state index contributed by atoms with van der Waals surface area (Å²) < 4.78 is 142. The fraction of sp³-hybridized carbons (Fsp3) is 0.0196. The fourth-order valence-electron chi connectivity index (χ4n) is 7.26. The van der Waals surface area contributed by atoms with Crippen molar-refractivity contribution in [2.24, 2.45) is 0 Å². The van der Waals surface area contributed by atoms with Gasteiger partial charge >= 0.3 is 0 Å². The predicted octanol–water partition coefficient (Wildman–Crippen LogP) is 13.4. The van der Waals surface area contributed by atoms with Crippen LogP contribution in [0, 0.1) is 0 Å². The number of nitrogens with zero attached hydrogens (tertiary/aromatic N) is 2. The molecule has 10 aromatic rings. The Hall–Kier alpha value is -7.10. The molecule has 0 aliphatic heterocycles. The average molecular weight is 704 g/mol. The molecule has 0 radical (unpaired) electrons. The van der Waals surface area contributed by atoms with Gasteiger partial charge in [0.1, 0.15) is 11.2 Å². The third-order valence-corrected chi connectivity index (χ3v) is 9.78. The van der Waals surface area contributed by atoms with Crippen LogP contribution in [0.3, 0.4) is 0 Å². The topological polar surface area (TPSA) is 38.9 Å². The monoisotopic (exact) mass is 703 g/mol. The first kappa shape index (κ1) is 19.1. The number of hydrogen-bond acceptors (Lipinski definition) is 3. The molecule has 252 valence electrons. The Morgan fingerprint density at radius 3 is 1.96 bits per heavy atom. The predicted molar refractivity (Wildman–Crippen MR) is 221 cm³/mol. The van der Waals surface area contributed by atoms with E-state index in [2.05, 4.69) is 0 Å². The van der Waals surface area contributed by atoms with Gasteiger partial charge in [0.2, 0.25) is 0 Å². The largest absolute Gasteiger partial charge is 0.456 e. The van der Waals surface area contributed by atoms with Crippen LogP contribution >= 0.6 is 0 Å². The number of benzene rings is 8. The lowest BCUT2D eigenvalue weighted by atomic mass is 9.88. The van der Waals surface area contributed by atoms with E-state index in [1.165, 1.54) is 6.07 Å². The minimum atomic E-state index is -1.52. The van der Waals surface area contributed by atoms with Crippen molar-refractivity contribution in [1.82, 2.24) is 9.97 Å². The van der Waals surface area contributed by atoms with Gasteiger partial charge in [-0.3, -0.25) is 0 Å². The van der Waals surface area contributed by atoms with Gasteiger partial charge in [0.15, 0.2) is 5.82 Å². The second kappa shape index (κ2) is 12.3. The Morgan fingerprint density at radius 1 is 0.481 bits per heavy atom. The summed E-state index contributed by atoms with van der Waals surface area (Å²) in [6.45, 7) is 0. The van der Waals surface area contributed by atoms with Crippen molar-refractivity contribution in [3.63, 3.8) is 0 Å². The quantitative estimate of drug-likeness (QED) is 0.179. The molecule has 0 saturated heterocycles. The zero-order valence-electron chi connectivity index (χ0n) is 43.1. The van der Waals surface area contributed by atoms with Crippen LogP contribution in [0.2, 0.25) is 0 Å². The molecular formula is C51H32N2O. The minimum absolute atomic E-state index is 0.0663. The summed E-state index contributed by atoms with van der Waals surface area (Å²) in [5.41, 5.74) is 2.78. The zero-order chi connectivity index (χ0) is 48.6. The van der Waals surface area contributed by atoms with Crippen molar-refractivity contribution in [3.05, 3.63) is 204 Å². The first-order valence-corrected chi connectivity index (χ1v) is 17.2. The van der Waals surface area contributed by atoms with Gasteiger partial charge in [-0.2, -0.15) is 0 Å². The Kier molecular flexibility index (Phi) is 4.34. The molecule has 3 nitrogen and oxygen atoms in total. The van der Waals surface area contributed by atoms with Gasteiger partial charge in [-0.25, -0.2) is 9.97 Å². The van der Waals surface area contributed by atoms with Crippen molar-refractivity contribution in [1.29, 1.82) is 0 Å². The van der Waals surface area contributed by atoms with E-state index < -0.39 is 84.5 Å². The number of hydrogen-bond donors (Lipinski definition) is 0. The van der Waals surface area contributed by atoms with Crippen molar-refractivity contribution in [2.75, 3.05) is 0 Å². The molecule has 0 spiro atoms. The van der Waals surface area contributed by atoms with E-state index in [0.29, 0.717) is 22.6 Å². The van der Waals surface area contributed by atoms with Crippen LogP contribution < -0.4 is 0 Å². The lowest BCUT2D eigenvalue weighted by Crippen LogP contribution is -1.99. The molecule has 0 amide bonds. The van der Waals surface area contributed by atoms with E-state index in [1.807, 2.05) is 84.9 Å². The average Bonchev–Trinajstić information content (AvgIpc) is 3.92. The third kappa shape index (κ3) is 4.97. The van der Waals surface area contributed by atoms with Crippen LogP contribution in [0.4, 0.5) is 0 Å². The fourth-order valence-corrected chi connectivity index (χ4v) is 7.26. The molecular weight excluding hydrogens is 657 g/mol. The highest BCUT2D eigenvalue weighted by Crippen LogP contribution is 2.50. The normalized spacial score (nSPS) is 17.3. The van der Waals surface area contributed by atoms with Crippen LogP contribution in [0.5, 0.6) is 0 Å². The summed E-state index contributed by atoms with van der Waals surface area (Å²) in [5.74, 6) is -1.23. The summed E-state index contributed by atoms with van der Waals surface area (Å²) in [5, 5.41) is -0.448. The highest BCUT2D eigenvalue weighted by molar-refractivity contribution is 6.12. The molecule has 1 unspecified atom stereocenters. The Bertz CT molecular complexity index is 3900. The van der Waals surface area contributed by atoms with Gasteiger partial charge in [-0.1, -0.05) is 157 Å². The summed E-state index contributed by atoms with van der Waals surface area (Å²) in [6, 6.07) is 21.5. The van der Waals surface area contributed by atoms with E-state index in [1.54, 1.807) is 6.07 Å². The van der Waals surface area contributed by atoms with Gasteiger partial charge in [0, 0.05) is 33.4 Å². The molecule has 3 heteroatoms. The lowest BCUT2D eigenvalue weighted by Gasteiger charge is -2.15. The van der Waals surface area contributed by atoms with Crippen molar-refractivity contribution < 1.29 is 25.0 Å². The zero-order valence-corrected chi connectivity index (χ0v) is 28.1. The maximum absolute atomic E-state index is 9.82. The maximum atomic E-state index is 9.82. The number of aromatic nitrogens is 2. The van der Waals surface area contributed by atoms with Gasteiger partial charge < -0.3 is 4.42 Å². The number of fused-ring (bicyclic) bond motifs is 7. The molecule has 0 fully saturated rings. The number of furan rings is 1. The van der Waals surface area contributed by atoms with Gasteiger partial charge in [-0.05, 0) is 80.0 Å². The maximum Gasteiger partial charge on any atom is 0.160 e. The minimum Gasteiger partial charge on any atom is -0.456 e. The standard InChI is InChI=1S/C51H32N2O/c1-3-12-32(13-4-1)33-22-24-34(25-23-33)45-31-46(53-51(52-45)35-14-5-2-6-15-35)41-20-11-21-47-50(41)42-27-26-38(30-48(42)54-47)49-40-19-10-9-18-39(40)43-28-36-16-7-8-17-37(36)29-44(43)49/h1-31,49H/i7D,8D,9D,10D,11D,16D,17D,18D,19D,20D,21D,26D,28D,29D,30D. The van der Waals surface area contributed by atoms with Crippen LogP contribution in [-0.4, -0.2) is 9.97 Å². The Labute approximate surface area is 333 Å². The summed E-state index contributed by atoms with van der Waals surface area (Å²) in [4.78, 5) is 9.87. The second-order valence-corrected chi connectivity index (χ2v) is 12.9. The van der Waals surface area contributed by atoms with E-state index in [4.69, 9.17) is 26.7 Å². The third-order valence-electron chi connectivity index (χ3n) is 9.78. The number of rotatable bonds is 5. The molecule has 0 saturated carbocycles. The molecule has 1 aliphatic rings. The summed E-state index contributed by atoms with van der Waals surface area (Å²) in [6.07, 6.45) is 0. The van der Waals surface area contributed by atoms with Crippen molar-refractivity contribution in [3.8, 4) is 56.2 Å². The van der Waals surface area contributed by atoms with E-state index in [-0.39, 0.29) is 83.9 Å². The SMILES string of the molecule is [2H]c1cc2c(oc3c([2H])c([2H])c([2H])c(-c4cc(-c5ccc(-c6ccccc6)cc5)nc(-c5ccccc5)n4)c32)c([2H])c1C1c2c([2H])c([2H])c([2H])c([2H])c2-c2c1c([2H])c1c([2H])c([2H])c([2H])c([2H])c1c2[2H]. The molecule has 0 bridgehead atoms. The Balaban J connectivity index is 1.19.